The number of carbonyl (C=O) groups excluding carboxylic acids is 2. The molecule has 0 spiro atoms. The van der Waals surface area contributed by atoms with Gasteiger partial charge in [0.05, 0.1) is 7.11 Å². The van der Waals surface area contributed by atoms with Gasteiger partial charge in [-0.05, 0) is 44.4 Å². The first-order chi connectivity index (χ1) is 10.9. The molecule has 1 aliphatic rings. The zero-order valence-electron chi connectivity index (χ0n) is 13.7. The van der Waals surface area contributed by atoms with Crippen molar-refractivity contribution in [2.24, 2.45) is 11.8 Å². The number of carbonyl (C=O) groups is 2. The van der Waals surface area contributed by atoms with Crippen molar-refractivity contribution in [3.05, 3.63) is 41.0 Å². The molecule has 2 rings (SSSR count). The van der Waals surface area contributed by atoms with Crippen molar-refractivity contribution in [2.45, 2.75) is 33.2 Å². The maximum Gasteiger partial charge on any atom is 0.224 e. The van der Waals surface area contributed by atoms with Gasteiger partial charge in [-0.3, -0.25) is 4.79 Å². The van der Waals surface area contributed by atoms with Crippen molar-refractivity contribution < 1.29 is 19.4 Å². The topological polar surface area (TPSA) is 78.5 Å². The quantitative estimate of drug-likeness (QED) is 0.833. The summed E-state index contributed by atoms with van der Waals surface area (Å²) in [5.74, 6) is -1.96. The molecular weight excluding hydrogens is 294 g/mol. The molecule has 0 aromatic heterocycles. The third kappa shape index (κ3) is 4.12. The standard InChI is InChI=1S/C18H23NO4/c1-11-8-15(16(18(21)22)9-12(11)2)17(20)19-10-13-4-6-14(23-3)7-5-13/h4-7,15-16H,8-10H2,1-3H3,(H,19,20)(H,21,22)/p-1/t15-,16-/m0/s1. The van der Waals surface area contributed by atoms with Crippen LogP contribution in [0.5, 0.6) is 5.75 Å². The molecular formula is C18H22NO4-. The highest BCUT2D eigenvalue weighted by Crippen LogP contribution is 2.34. The number of aliphatic carboxylic acids is 1. The molecule has 0 aliphatic heterocycles. The van der Waals surface area contributed by atoms with Crippen LogP contribution in [0.25, 0.3) is 0 Å². The summed E-state index contributed by atoms with van der Waals surface area (Å²) in [4.78, 5) is 23.8. The highest BCUT2D eigenvalue weighted by atomic mass is 16.5. The molecule has 2 atom stereocenters. The Morgan fingerprint density at radius 3 is 2.22 bits per heavy atom. The Kier molecular flexibility index (Phi) is 5.42. The van der Waals surface area contributed by atoms with Crippen LogP contribution in [-0.2, 0) is 16.1 Å². The molecule has 0 fully saturated rings. The summed E-state index contributed by atoms with van der Waals surface area (Å²) in [5.41, 5.74) is 3.06. The van der Waals surface area contributed by atoms with Crippen molar-refractivity contribution >= 4 is 11.9 Å². The van der Waals surface area contributed by atoms with E-state index < -0.39 is 17.8 Å². The number of benzene rings is 1. The molecule has 0 radical (unpaired) electrons. The first kappa shape index (κ1) is 17.1. The molecule has 1 amide bonds. The monoisotopic (exact) mass is 316 g/mol. The number of nitrogens with one attached hydrogen (secondary N) is 1. The number of methoxy groups -OCH3 is 1. The Morgan fingerprint density at radius 2 is 1.70 bits per heavy atom. The first-order valence-electron chi connectivity index (χ1n) is 7.69. The van der Waals surface area contributed by atoms with Crippen LogP contribution in [0.1, 0.15) is 32.3 Å². The third-order valence-corrected chi connectivity index (χ3v) is 4.53. The van der Waals surface area contributed by atoms with Crippen molar-refractivity contribution in [2.75, 3.05) is 7.11 Å². The number of ether oxygens (including phenoxy) is 1. The van der Waals surface area contributed by atoms with Crippen molar-refractivity contribution in [1.82, 2.24) is 5.32 Å². The number of carboxylic acid groups (broad SMARTS) is 1. The van der Waals surface area contributed by atoms with Crippen LogP contribution in [0.15, 0.2) is 35.4 Å². The number of amides is 1. The molecule has 0 heterocycles. The number of allylic oxidation sites excluding steroid dienone is 2. The van der Waals surface area contributed by atoms with Gasteiger partial charge in [0.2, 0.25) is 5.91 Å². The minimum atomic E-state index is -1.15. The first-order valence-corrected chi connectivity index (χ1v) is 7.69. The van der Waals surface area contributed by atoms with Gasteiger partial charge in [-0.25, -0.2) is 0 Å². The van der Waals surface area contributed by atoms with Crippen molar-refractivity contribution in [3.8, 4) is 5.75 Å². The van der Waals surface area contributed by atoms with E-state index in [1.54, 1.807) is 7.11 Å². The van der Waals surface area contributed by atoms with Gasteiger partial charge in [0.1, 0.15) is 5.75 Å². The molecule has 1 N–H and O–H groups in total. The SMILES string of the molecule is COc1ccc(CNC(=O)[C@H]2CC(C)=C(C)C[C@@H]2C(=O)[O-])cc1. The fraction of sp³-hybridized carbons (Fsp3) is 0.444. The van der Waals surface area contributed by atoms with E-state index >= 15 is 0 Å². The smallest absolute Gasteiger partial charge is 0.224 e. The second kappa shape index (κ2) is 7.31. The van der Waals surface area contributed by atoms with Gasteiger partial charge in [-0.1, -0.05) is 23.3 Å². The van der Waals surface area contributed by atoms with E-state index in [-0.39, 0.29) is 5.91 Å². The highest BCUT2D eigenvalue weighted by Gasteiger charge is 2.33. The largest absolute Gasteiger partial charge is 0.550 e. The fourth-order valence-electron chi connectivity index (χ4n) is 2.88. The van der Waals surface area contributed by atoms with Crippen LogP contribution < -0.4 is 15.2 Å². The van der Waals surface area contributed by atoms with E-state index in [1.165, 1.54) is 0 Å². The van der Waals surface area contributed by atoms with Crippen LogP contribution in [0.2, 0.25) is 0 Å². The lowest BCUT2D eigenvalue weighted by Gasteiger charge is -2.32. The molecule has 0 saturated heterocycles. The minimum absolute atomic E-state index is 0.234. The third-order valence-electron chi connectivity index (χ3n) is 4.53. The molecule has 1 aliphatic carbocycles. The average molecular weight is 316 g/mol. The van der Waals surface area contributed by atoms with Crippen molar-refractivity contribution in [1.29, 1.82) is 0 Å². The molecule has 1 aromatic carbocycles. The molecule has 0 bridgehead atoms. The average Bonchev–Trinajstić information content (AvgIpc) is 2.55. The fourth-order valence-corrected chi connectivity index (χ4v) is 2.88. The zero-order valence-corrected chi connectivity index (χ0v) is 13.7. The second-order valence-electron chi connectivity index (χ2n) is 6.07. The molecule has 5 heteroatoms. The van der Waals surface area contributed by atoms with Crippen LogP contribution >= 0.6 is 0 Å². The highest BCUT2D eigenvalue weighted by molar-refractivity contribution is 5.85. The van der Waals surface area contributed by atoms with E-state index in [0.717, 1.165) is 22.5 Å². The summed E-state index contributed by atoms with van der Waals surface area (Å²) in [6, 6.07) is 7.38. The van der Waals surface area contributed by atoms with E-state index in [9.17, 15) is 14.7 Å². The molecule has 1 aromatic rings. The van der Waals surface area contributed by atoms with E-state index in [2.05, 4.69) is 5.32 Å². The van der Waals surface area contributed by atoms with Crippen LogP contribution in [0, 0.1) is 11.8 Å². The number of hydrogen-bond donors (Lipinski definition) is 1. The predicted octanol–water partition coefficient (Wildman–Crippen LogP) is 1.42. The number of rotatable bonds is 5. The molecule has 5 nitrogen and oxygen atoms in total. The lowest BCUT2D eigenvalue weighted by atomic mass is 9.76. The van der Waals surface area contributed by atoms with Gasteiger partial charge in [0.25, 0.3) is 0 Å². The maximum atomic E-state index is 12.4. The van der Waals surface area contributed by atoms with Gasteiger partial charge in [0, 0.05) is 24.3 Å². The lowest BCUT2D eigenvalue weighted by molar-refractivity contribution is -0.313. The van der Waals surface area contributed by atoms with Crippen molar-refractivity contribution in [3.63, 3.8) is 0 Å². The maximum absolute atomic E-state index is 12.4. The Hall–Kier alpha value is -2.30. The van der Waals surface area contributed by atoms with Gasteiger partial charge < -0.3 is 20.0 Å². The molecule has 23 heavy (non-hydrogen) atoms. The van der Waals surface area contributed by atoms with Crippen LogP contribution in [-0.4, -0.2) is 19.0 Å². The summed E-state index contributed by atoms with van der Waals surface area (Å²) in [5, 5.41) is 14.2. The van der Waals surface area contributed by atoms with Gasteiger partial charge in [-0.15, -0.1) is 0 Å². The molecule has 0 unspecified atom stereocenters. The summed E-state index contributed by atoms with van der Waals surface area (Å²) in [7, 11) is 1.60. The normalized spacial score (nSPS) is 21.0. The summed E-state index contributed by atoms with van der Waals surface area (Å²) in [6.45, 7) is 4.22. The zero-order chi connectivity index (χ0) is 17.0. The van der Waals surface area contributed by atoms with E-state index in [1.807, 2.05) is 38.1 Å². The van der Waals surface area contributed by atoms with Gasteiger partial charge >= 0.3 is 0 Å². The Labute approximate surface area is 136 Å². The Balaban J connectivity index is 2.02. The molecule has 124 valence electrons. The lowest BCUT2D eigenvalue weighted by Crippen LogP contribution is -2.44. The Morgan fingerprint density at radius 1 is 1.13 bits per heavy atom. The molecule has 0 saturated carbocycles. The van der Waals surface area contributed by atoms with Gasteiger partial charge in [-0.2, -0.15) is 0 Å². The Bertz CT molecular complexity index is 618. The number of hydrogen-bond acceptors (Lipinski definition) is 4. The second-order valence-corrected chi connectivity index (χ2v) is 6.07. The van der Waals surface area contributed by atoms with E-state index in [0.29, 0.717) is 19.4 Å². The summed E-state index contributed by atoms with van der Waals surface area (Å²) < 4.78 is 5.09. The van der Waals surface area contributed by atoms with Crippen LogP contribution in [0.3, 0.4) is 0 Å². The summed E-state index contributed by atoms with van der Waals surface area (Å²) in [6.07, 6.45) is 0.855. The van der Waals surface area contributed by atoms with Gasteiger partial charge in [0.15, 0.2) is 0 Å². The van der Waals surface area contributed by atoms with Crippen LogP contribution in [0.4, 0.5) is 0 Å². The predicted molar refractivity (Wildman–Crippen MR) is 84.4 cm³/mol. The summed E-state index contributed by atoms with van der Waals surface area (Å²) >= 11 is 0. The number of carboxylic acids is 1. The van der Waals surface area contributed by atoms with E-state index in [4.69, 9.17) is 4.74 Å². The minimum Gasteiger partial charge on any atom is -0.550 e.